The third-order valence-corrected chi connectivity index (χ3v) is 2.58. The molecule has 1 N–H and O–H groups in total. The third kappa shape index (κ3) is 1.27. The van der Waals surface area contributed by atoms with Crippen molar-refractivity contribution in [2.45, 2.75) is 39.3 Å². The first-order chi connectivity index (χ1) is 6.00. The second-order valence-corrected chi connectivity index (χ2v) is 4.75. The van der Waals surface area contributed by atoms with E-state index in [-0.39, 0.29) is 5.41 Å². The van der Waals surface area contributed by atoms with Crippen LogP contribution >= 0.6 is 0 Å². The summed E-state index contributed by atoms with van der Waals surface area (Å²) in [5.41, 5.74) is 4.17. The molecule has 0 atom stereocenters. The predicted octanol–water partition coefficient (Wildman–Crippen LogP) is 1.32. The Morgan fingerprint density at radius 1 is 1.31 bits per heavy atom. The lowest BCUT2D eigenvalue weighted by molar-refractivity contribution is 0.538. The van der Waals surface area contributed by atoms with Crippen LogP contribution in [0, 0.1) is 0 Å². The Balaban J connectivity index is 2.55. The van der Waals surface area contributed by atoms with Gasteiger partial charge in [-0.05, 0) is 0 Å². The summed E-state index contributed by atoms with van der Waals surface area (Å²) in [5.74, 6) is 0. The number of nitrogens with zero attached hydrogens (tertiary/aromatic N) is 2. The molecule has 1 aliphatic rings. The topological polar surface area (TPSA) is 29.9 Å². The summed E-state index contributed by atoms with van der Waals surface area (Å²) in [7, 11) is 2.03. The van der Waals surface area contributed by atoms with E-state index in [1.54, 1.807) is 0 Å². The summed E-state index contributed by atoms with van der Waals surface area (Å²) in [5, 5.41) is 7.94. The molecule has 0 amide bonds. The Hall–Kier alpha value is -0.830. The van der Waals surface area contributed by atoms with Gasteiger partial charge in [0.2, 0.25) is 0 Å². The Bertz CT molecular complexity index is 331. The maximum atomic E-state index is 4.58. The molecule has 1 aromatic rings. The summed E-state index contributed by atoms with van der Waals surface area (Å²) in [6.45, 7) is 8.60. The Labute approximate surface area is 79.1 Å². The van der Waals surface area contributed by atoms with E-state index in [9.17, 15) is 0 Å². The minimum Gasteiger partial charge on any atom is -0.307 e. The molecule has 0 spiro atoms. The van der Waals surface area contributed by atoms with Crippen LogP contribution in [0.1, 0.15) is 37.7 Å². The van der Waals surface area contributed by atoms with Crippen LogP contribution in [-0.2, 0) is 25.6 Å². The molecule has 1 aromatic heterocycles. The Morgan fingerprint density at radius 2 is 2.00 bits per heavy atom. The molecule has 0 bridgehead atoms. The maximum absolute atomic E-state index is 4.58. The zero-order valence-electron chi connectivity index (χ0n) is 8.81. The SMILES string of the molecule is Cn1nc(C(C)(C)C)c2c1CNC2. The third-order valence-electron chi connectivity index (χ3n) is 2.58. The summed E-state index contributed by atoms with van der Waals surface area (Å²) in [4.78, 5) is 0. The summed E-state index contributed by atoms with van der Waals surface area (Å²) < 4.78 is 2.01. The first kappa shape index (κ1) is 8.75. The van der Waals surface area contributed by atoms with E-state index >= 15 is 0 Å². The molecular weight excluding hydrogens is 162 g/mol. The summed E-state index contributed by atoms with van der Waals surface area (Å²) in [6, 6.07) is 0. The van der Waals surface area contributed by atoms with Crippen molar-refractivity contribution >= 4 is 0 Å². The average Bonchev–Trinajstić information content (AvgIpc) is 2.51. The molecule has 0 unspecified atom stereocenters. The maximum Gasteiger partial charge on any atom is 0.0726 e. The van der Waals surface area contributed by atoms with Gasteiger partial charge in [-0.25, -0.2) is 0 Å². The molecule has 3 heteroatoms. The van der Waals surface area contributed by atoms with E-state index < -0.39 is 0 Å². The van der Waals surface area contributed by atoms with Crippen LogP contribution in [0.5, 0.6) is 0 Å². The van der Waals surface area contributed by atoms with Gasteiger partial charge in [-0.15, -0.1) is 0 Å². The van der Waals surface area contributed by atoms with Gasteiger partial charge in [0, 0.05) is 31.1 Å². The van der Waals surface area contributed by atoms with Crippen LogP contribution in [0.2, 0.25) is 0 Å². The highest BCUT2D eigenvalue weighted by molar-refractivity contribution is 5.33. The van der Waals surface area contributed by atoms with Crippen molar-refractivity contribution in [3.8, 4) is 0 Å². The van der Waals surface area contributed by atoms with E-state index in [4.69, 9.17) is 0 Å². The minimum absolute atomic E-state index is 0.164. The van der Waals surface area contributed by atoms with Gasteiger partial charge in [0.1, 0.15) is 0 Å². The molecule has 3 nitrogen and oxygen atoms in total. The van der Waals surface area contributed by atoms with Gasteiger partial charge in [0.05, 0.1) is 11.4 Å². The Kier molecular flexibility index (Phi) is 1.74. The molecule has 13 heavy (non-hydrogen) atoms. The molecule has 2 heterocycles. The minimum atomic E-state index is 0.164. The highest BCUT2D eigenvalue weighted by atomic mass is 15.3. The fourth-order valence-electron chi connectivity index (χ4n) is 1.92. The van der Waals surface area contributed by atoms with Crippen LogP contribution in [0.3, 0.4) is 0 Å². The van der Waals surface area contributed by atoms with Crippen LogP contribution in [0.4, 0.5) is 0 Å². The number of hydrogen-bond donors (Lipinski definition) is 1. The second kappa shape index (κ2) is 2.58. The molecule has 1 aliphatic heterocycles. The first-order valence-corrected chi connectivity index (χ1v) is 4.76. The molecule has 0 radical (unpaired) electrons. The monoisotopic (exact) mass is 179 g/mol. The van der Waals surface area contributed by atoms with E-state index in [1.807, 2.05) is 11.7 Å². The molecule has 0 aromatic carbocycles. The number of fused-ring (bicyclic) bond motifs is 1. The lowest BCUT2D eigenvalue weighted by atomic mass is 9.89. The van der Waals surface area contributed by atoms with Gasteiger partial charge < -0.3 is 5.32 Å². The number of hydrogen-bond acceptors (Lipinski definition) is 2. The van der Waals surface area contributed by atoms with E-state index in [2.05, 4.69) is 31.2 Å². The van der Waals surface area contributed by atoms with Gasteiger partial charge in [-0.2, -0.15) is 5.10 Å². The lowest BCUT2D eigenvalue weighted by Gasteiger charge is -2.16. The highest BCUT2D eigenvalue weighted by Crippen LogP contribution is 2.28. The number of nitrogens with one attached hydrogen (secondary N) is 1. The largest absolute Gasteiger partial charge is 0.307 e. The van der Waals surface area contributed by atoms with Crippen molar-refractivity contribution < 1.29 is 0 Å². The average molecular weight is 179 g/mol. The zero-order chi connectivity index (χ0) is 9.64. The van der Waals surface area contributed by atoms with Crippen LogP contribution in [0.15, 0.2) is 0 Å². The normalized spacial score (nSPS) is 16.3. The van der Waals surface area contributed by atoms with E-state index in [1.165, 1.54) is 17.0 Å². The second-order valence-electron chi connectivity index (χ2n) is 4.75. The molecule has 72 valence electrons. The standard InChI is InChI=1S/C10H17N3/c1-10(2,3)9-7-5-11-6-8(7)13(4)12-9/h11H,5-6H2,1-4H3. The van der Waals surface area contributed by atoms with Crippen LogP contribution in [0.25, 0.3) is 0 Å². The van der Waals surface area contributed by atoms with Gasteiger partial charge >= 0.3 is 0 Å². The van der Waals surface area contributed by atoms with Crippen LogP contribution in [-0.4, -0.2) is 9.78 Å². The van der Waals surface area contributed by atoms with Gasteiger partial charge in [0.25, 0.3) is 0 Å². The molecular formula is C10H17N3. The zero-order valence-corrected chi connectivity index (χ0v) is 8.81. The van der Waals surface area contributed by atoms with Crippen molar-refractivity contribution in [2.75, 3.05) is 0 Å². The fourth-order valence-corrected chi connectivity index (χ4v) is 1.92. The Morgan fingerprint density at radius 3 is 2.62 bits per heavy atom. The van der Waals surface area contributed by atoms with Gasteiger partial charge in [-0.3, -0.25) is 4.68 Å². The number of rotatable bonds is 0. The fraction of sp³-hybridized carbons (Fsp3) is 0.700. The number of aromatic nitrogens is 2. The van der Waals surface area contributed by atoms with Crippen molar-refractivity contribution in [3.63, 3.8) is 0 Å². The van der Waals surface area contributed by atoms with Crippen LogP contribution < -0.4 is 5.32 Å². The van der Waals surface area contributed by atoms with Crippen molar-refractivity contribution in [3.05, 3.63) is 17.0 Å². The van der Waals surface area contributed by atoms with E-state index in [0.29, 0.717) is 0 Å². The molecule has 0 aliphatic carbocycles. The molecule has 0 saturated heterocycles. The van der Waals surface area contributed by atoms with E-state index in [0.717, 1.165) is 13.1 Å². The summed E-state index contributed by atoms with van der Waals surface area (Å²) in [6.07, 6.45) is 0. The lowest BCUT2D eigenvalue weighted by Crippen LogP contribution is -2.16. The van der Waals surface area contributed by atoms with Gasteiger partial charge in [-0.1, -0.05) is 20.8 Å². The quantitative estimate of drug-likeness (QED) is 0.651. The van der Waals surface area contributed by atoms with Crippen molar-refractivity contribution in [2.24, 2.45) is 7.05 Å². The molecule has 0 fully saturated rings. The molecule has 0 saturated carbocycles. The predicted molar refractivity (Wildman–Crippen MR) is 52.5 cm³/mol. The first-order valence-electron chi connectivity index (χ1n) is 4.76. The highest BCUT2D eigenvalue weighted by Gasteiger charge is 2.27. The van der Waals surface area contributed by atoms with Gasteiger partial charge in [0.15, 0.2) is 0 Å². The van der Waals surface area contributed by atoms with Crippen molar-refractivity contribution in [1.29, 1.82) is 0 Å². The van der Waals surface area contributed by atoms with Crippen molar-refractivity contribution in [1.82, 2.24) is 15.1 Å². The smallest absolute Gasteiger partial charge is 0.0726 e. The number of aryl methyl sites for hydroxylation is 1. The summed E-state index contributed by atoms with van der Waals surface area (Å²) >= 11 is 0. The molecule has 2 rings (SSSR count).